The molecule has 1 aliphatic rings. The first-order valence-corrected chi connectivity index (χ1v) is 8.90. The zero-order valence-electron chi connectivity index (χ0n) is 13.4. The molecule has 0 saturated heterocycles. The second kappa shape index (κ2) is 6.57. The number of benzene rings is 2. The summed E-state index contributed by atoms with van der Waals surface area (Å²) in [5, 5.41) is 21.9. The lowest BCUT2D eigenvalue weighted by Gasteiger charge is -2.16. The van der Waals surface area contributed by atoms with E-state index in [2.05, 4.69) is 0 Å². The van der Waals surface area contributed by atoms with Crippen molar-refractivity contribution in [1.82, 2.24) is 0 Å². The van der Waals surface area contributed by atoms with E-state index in [4.69, 9.17) is 0 Å². The van der Waals surface area contributed by atoms with Crippen LogP contribution < -0.4 is 0 Å². The number of carbonyl (C=O) groups is 1. The number of ketones is 1. The van der Waals surface area contributed by atoms with Gasteiger partial charge in [0.1, 0.15) is 0 Å². The maximum absolute atomic E-state index is 13.0. The van der Waals surface area contributed by atoms with Gasteiger partial charge in [-0.25, -0.2) is 8.42 Å². The third kappa shape index (κ3) is 3.37. The van der Waals surface area contributed by atoms with E-state index in [0.29, 0.717) is 0 Å². The van der Waals surface area contributed by atoms with Gasteiger partial charge in [-0.2, -0.15) is 0 Å². The first-order chi connectivity index (χ1) is 12.7. The average molecular weight is 386 g/mol. The van der Waals surface area contributed by atoms with Crippen molar-refractivity contribution in [2.45, 2.75) is 0 Å². The lowest BCUT2D eigenvalue weighted by molar-refractivity contribution is -0.385. The molecule has 0 N–H and O–H groups in total. The van der Waals surface area contributed by atoms with Crippen molar-refractivity contribution in [2.75, 3.05) is 0 Å². The smallest absolute Gasteiger partial charge is 0.270 e. The molecule has 136 valence electrons. The molecule has 2 aromatic rings. The van der Waals surface area contributed by atoms with Crippen LogP contribution in [-0.4, -0.2) is 24.0 Å². The molecule has 9 nitrogen and oxygen atoms in total. The van der Waals surface area contributed by atoms with E-state index >= 15 is 0 Å². The fraction of sp³-hybridized carbons (Fsp3) is 0. The maximum atomic E-state index is 13.0. The van der Waals surface area contributed by atoms with Crippen LogP contribution in [0.1, 0.15) is 11.1 Å². The minimum Gasteiger partial charge on any atom is -0.290 e. The Morgan fingerprint density at radius 3 is 1.52 bits per heavy atom. The molecule has 0 bridgehead atoms. The molecule has 1 heterocycles. The Balaban J connectivity index is 2.15. The predicted molar refractivity (Wildman–Crippen MR) is 96.1 cm³/mol. The zero-order chi connectivity index (χ0) is 19.8. The van der Waals surface area contributed by atoms with Gasteiger partial charge in [0.2, 0.25) is 9.84 Å². The van der Waals surface area contributed by atoms with Gasteiger partial charge in [-0.1, -0.05) is 24.3 Å². The topological polar surface area (TPSA) is 137 Å². The van der Waals surface area contributed by atoms with Crippen LogP contribution >= 0.6 is 0 Å². The van der Waals surface area contributed by atoms with Crippen LogP contribution in [0, 0.1) is 20.2 Å². The molecule has 27 heavy (non-hydrogen) atoms. The summed E-state index contributed by atoms with van der Waals surface area (Å²) in [5.74, 6) is -0.646. The quantitative estimate of drug-likeness (QED) is 0.581. The fourth-order valence-corrected chi connectivity index (χ4v) is 4.25. The number of hydrogen-bond donors (Lipinski definition) is 0. The van der Waals surface area contributed by atoms with E-state index in [0.717, 1.165) is 24.3 Å². The van der Waals surface area contributed by atoms with Crippen LogP contribution in [-0.2, 0) is 14.6 Å². The number of nitrogens with zero attached hydrogens (tertiary/aromatic N) is 2. The Morgan fingerprint density at radius 1 is 0.741 bits per heavy atom. The monoisotopic (exact) mass is 386 g/mol. The third-order valence-electron chi connectivity index (χ3n) is 3.81. The zero-order valence-corrected chi connectivity index (χ0v) is 14.3. The van der Waals surface area contributed by atoms with Gasteiger partial charge in [0.15, 0.2) is 5.78 Å². The second-order valence-electron chi connectivity index (χ2n) is 5.54. The molecule has 2 aromatic carbocycles. The Hall–Kier alpha value is -3.66. The van der Waals surface area contributed by atoms with Gasteiger partial charge < -0.3 is 0 Å². The minimum absolute atomic E-state index is 0.0198. The highest BCUT2D eigenvalue weighted by Crippen LogP contribution is 2.37. The molecule has 0 radical (unpaired) electrons. The number of non-ortho nitro benzene ring substituents is 2. The van der Waals surface area contributed by atoms with Crippen LogP contribution in [0.3, 0.4) is 0 Å². The normalized spacial score (nSPS) is 15.6. The predicted octanol–water partition coefficient (Wildman–Crippen LogP) is 2.88. The largest absolute Gasteiger partial charge is 0.290 e. The number of nitro groups is 2. The van der Waals surface area contributed by atoms with Crippen LogP contribution in [0.5, 0.6) is 0 Å². The third-order valence-corrected chi connectivity index (χ3v) is 5.67. The molecule has 0 saturated carbocycles. The molecule has 0 aromatic heterocycles. The SMILES string of the molecule is O=C1C=C(c2cccc([N+](=O)[O-])c2)S(=O)(=O)C(c2cccc([N+](=O)[O-])c2)=C1. The molecule has 0 unspecified atom stereocenters. The minimum atomic E-state index is -4.23. The highest BCUT2D eigenvalue weighted by atomic mass is 32.2. The van der Waals surface area contributed by atoms with Gasteiger partial charge in [0.05, 0.1) is 19.7 Å². The Kier molecular flexibility index (Phi) is 4.42. The summed E-state index contributed by atoms with van der Waals surface area (Å²) in [4.78, 5) is 31.8. The lowest BCUT2D eigenvalue weighted by atomic mass is 10.1. The van der Waals surface area contributed by atoms with Crippen molar-refractivity contribution >= 4 is 36.8 Å². The Labute approximate surface area is 152 Å². The summed E-state index contributed by atoms with van der Waals surface area (Å²) in [7, 11) is -4.23. The van der Waals surface area contributed by atoms with Gasteiger partial charge in [-0.3, -0.25) is 25.0 Å². The van der Waals surface area contributed by atoms with Crippen molar-refractivity contribution in [3.05, 3.63) is 92.0 Å². The lowest BCUT2D eigenvalue weighted by Crippen LogP contribution is -2.13. The van der Waals surface area contributed by atoms with Crippen LogP contribution in [0.2, 0.25) is 0 Å². The summed E-state index contributed by atoms with van der Waals surface area (Å²) in [6.45, 7) is 0. The standard InChI is InChI=1S/C17H10N2O7S/c20-15-9-16(11-3-1-5-13(7-11)18(21)22)27(25,26)17(10-15)12-4-2-6-14(8-12)19(23)24/h1-10H. The van der Waals surface area contributed by atoms with Gasteiger partial charge in [0, 0.05) is 47.5 Å². The van der Waals surface area contributed by atoms with E-state index in [-0.39, 0.29) is 22.5 Å². The molecular formula is C17H10N2O7S. The number of carbonyl (C=O) groups excluding carboxylic acids is 1. The summed E-state index contributed by atoms with van der Waals surface area (Å²) in [6, 6.07) is 9.76. The number of rotatable bonds is 4. The number of hydrogen-bond acceptors (Lipinski definition) is 7. The number of sulfone groups is 1. The summed E-state index contributed by atoms with van der Waals surface area (Å²) in [5.41, 5.74) is -0.702. The van der Waals surface area contributed by atoms with E-state index < -0.39 is 35.3 Å². The fourth-order valence-electron chi connectivity index (χ4n) is 2.60. The molecule has 0 amide bonds. The van der Waals surface area contributed by atoms with E-state index in [9.17, 15) is 33.4 Å². The summed E-state index contributed by atoms with van der Waals surface area (Å²) in [6.07, 6.45) is 1.74. The van der Waals surface area contributed by atoms with Gasteiger partial charge in [0.25, 0.3) is 11.4 Å². The average Bonchev–Trinajstić information content (AvgIpc) is 2.63. The van der Waals surface area contributed by atoms with Crippen LogP contribution in [0.4, 0.5) is 11.4 Å². The molecule has 0 fully saturated rings. The highest BCUT2D eigenvalue weighted by molar-refractivity contribution is 8.09. The number of allylic oxidation sites excluding steroid dienone is 2. The van der Waals surface area contributed by atoms with Crippen molar-refractivity contribution in [3.8, 4) is 0 Å². The molecule has 10 heteroatoms. The molecule has 1 aliphatic heterocycles. The van der Waals surface area contributed by atoms with Gasteiger partial charge in [-0.15, -0.1) is 0 Å². The van der Waals surface area contributed by atoms with Crippen molar-refractivity contribution < 1.29 is 23.1 Å². The molecule has 3 rings (SSSR count). The first-order valence-electron chi connectivity index (χ1n) is 7.42. The maximum Gasteiger partial charge on any atom is 0.270 e. The Bertz CT molecular complexity index is 1080. The summed E-state index contributed by atoms with van der Waals surface area (Å²) >= 11 is 0. The van der Waals surface area contributed by atoms with Crippen molar-refractivity contribution in [2.24, 2.45) is 0 Å². The summed E-state index contributed by atoms with van der Waals surface area (Å²) < 4.78 is 26.0. The van der Waals surface area contributed by atoms with Crippen LogP contribution in [0.15, 0.2) is 60.7 Å². The molecule has 0 aliphatic carbocycles. The highest BCUT2D eigenvalue weighted by Gasteiger charge is 2.32. The Morgan fingerprint density at radius 2 is 1.15 bits per heavy atom. The number of nitro benzene ring substituents is 2. The van der Waals surface area contributed by atoms with E-state index in [1.54, 1.807) is 0 Å². The van der Waals surface area contributed by atoms with Crippen LogP contribution in [0.25, 0.3) is 9.81 Å². The molecular weight excluding hydrogens is 376 g/mol. The van der Waals surface area contributed by atoms with Crippen molar-refractivity contribution in [1.29, 1.82) is 0 Å². The van der Waals surface area contributed by atoms with Crippen molar-refractivity contribution in [3.63, 3.8) is 0 Å². The van der Waals surface area contributed by atoms with Gasteiger partial charge >= 0.3 is 0 Å². The first kappa shape index (κ1) is 18.1. The second-order valence-corrected chi connectivity index (χ2v) is 7.42. The molecule has 0 spiro atoms. The van der Waals surface area contributed by atoms with E-state index in [1.807, 2.05) is 0 Å². The van der Waals surface area contributed by atoms with Gasteiger partial charge in [-0.05, 0) is 0 Å². The molecule has 0 atom stereocenters. The van der Waals surface area contributed by atoms with E-state index in [1.165, 1.54) is 36.4 Å².